The van der Waals surface area contributed by atoms with Crippen molar-refractivity contribution in [1.82, 2.24) is 41.2 Å². The van der Waals surface area contributed by atoms with Crippen molar-refractivity contribution in [2.75, 3.05) is 32.2 Å². The average Bonchev–Trinajstić information content (AvgIpc) is 1.70. The number of benzene rings is 2. The number of hydrogen-bond acceptors (Lipinski definition) is 25. The lowest BCUT2D eigenvalue weighted by atomic mass is 10.1. The van der Waals surface area contributed by atoms with E-state index in [0.29, 0.717) is 92.4 Å². The summed E-state index contributed by atoms with van der Waals surface area (Å²) in [5.74, 6) is -1.87. The molecule has 9 N–H and O–H groups in total. The number of fused-ring (bicyclic) bond motifs is 2. The Balaban J connectivity index is 0.000000210. The van der Waals surface area contributed by atoms with E-state index in [-0.39, 0.29) is 83.2 Å². The molecule has 11 rings (SSSR count). The molecule has 4 heterocycles. The first-order valence-corrected chi connectivity index (χ1v) is 37.0. The third-order valence-corrected chi connectivity index (χ3v) is 18.1. The molecule has 5 saturated carbocycles. The van der Waals surface area contributed by atoms with Crippen molar-refractivity contribution in [3.63, 3.8) is 0 Å². The summed E-state index contributed by atoms with van der Waals surface area (Å²) in [6, 6.07) is 14.8. The van der Waals surface area contributed by atoms with Crippen molar-refractivity contribution >= 4 is 92.9 Å². The van der Waals surface area contributed by atoms with Gasteiger partial charge in [-0.15, -0.1) is 0 Å². The summed E-state index contributed by atoms with van der Waals surface area (Å²) in [7, 11) is 3.91. The third kappa shape index (κ3) is 29.3. The molecule has 0 bridgehead atoms. The quantitative estimate of drug-likeness (QED) is 0.0188. The standard InChI is InChI=1S/2C17H22N2O6.C16H21N3O3.C10H9ClN2O2.C10H19NO3.C6H13NO/c2*1-17(2,3)25-16(21)18-12-6-9-14(10-12)24-15(20)11-4-7-13(8-5-11)19(22)23;1-3-22-16(21)13-9-18-15-12(6-7-17-15)14(13)19(2)10-4-5-11(20)8-10;1-2-15-10(14)7-5-13-9-6(8(7)11)3-4-12-9;1-10(2,3)14-9(13)11-7-4-5-8(12)6-7;1-7-5-2-3-6(8)4-5/h2*4-5,7-8,12,14H,6,9-10H2,1-3H3,(H,18,21);6-7,9-11,20H,3-5,8H2,1-2H3,(H,17,18);3-5H,2H2,1H3,(H,12,13);7-8,12H,4-6H2,1-3H3,(H,11,13);5-8H,2-4H2,1H3/t2*12-,14-;10-,11-;;7-,8-;5-,6-/m000.00/s1. The molecule has 0 aliphatic heterocycles. The van der Waals surface area contributed by atoms with Crippen molar-refractivity contribution in [1.29, 1.82) is 0 Å². The summed E-state index contributed by atoms with van der Waals surface area (Å²) in [6.45, 7) is 20.4. The van der Waals surface area contributed by atoms with Gasteiger partial charge in [0.2, 0.25) is 0 Å². The number of ether oxygens (including phenoxy) is 7. The van der Waals surface area contributed by atoms with Crippen molar-refractivity contribution in [2.45, 2.75) is 250 Å². The van der Waals surface area contributed by atoms with Gasteiger partial charge in [0, 0.05) is 110 Å². The lowest BCUT2D eigenvalue weighted by Gasteiger charge is -2.28. The second-order valence-electron chi connectivity index (χ2n) is 29.9. The lowest BCUT2D eigenvalue weighted by molar-refractivity contribution is -0.385. The molecule has 2 aromatic carbocycles. The highest BCUT2D eigenvalue weighted by molar-refractivity contribution is 6.38. The van der Waals surface area contributed by atoms with Gasteiger partial charge in [-0.05, 0) is 203 Å². The average molecular weight is 1550 g/mol. The van der Waals surface area contributed by atoms with Gasteiger partial charge in [-0.1, -0.05) is 11.6 Å². The highest BCUT2D eigenvalue weighted by Gasteiger charge is 2.35. The Morgan fingerprint density at radius 1 is 0.514 bits per heavy atom. The molecule has 109 heavy (non-hydrogen) atoms. The number of nitro benzene ring substituents is 2. The van der Waals surface area contributed by atoms with Crippen molar-refractivity contribution in [3.8, 4) is 0 Å². The third-order valence-electron chi connectivity index (χ3n) is 17.7. The van der Waals surface area contributed by atoms with E-state index in [0.717, 1.165) is 67.1 Å². The molecule has 3 amide bonds. The minimum atomic E-state index is -0.565. The zero-order chi connectivity index (χ0) is 80.5. The number of aromatic amines is 2. The fourth-order valence-corrected chi connectivity index (χ4v) is 12.8. The normalized spacial score (nSPS) is 21.2. The molecule has 5 aliphatic carbocycles. The van der Waals surface area contributed by atoms with Gasteiger partial charge in [-0.3, -0.25) is 20.2 Å². The Kier molecular flexibility index (Phi) is 33.3. The maximum absolute atomic E-state index is 12.3. The number of carbonyl (C=O) groups excluding carboxylic acids is 7. The van der Waals surface area contributed by atoms with Gasteiger partial charge in [0.05, 0.1) is 68.8 Å². The van der Waals surface area contributed by atoms with E-state index in [9.17, 15) is 64.0 Å². The van der Waals surface area contributed by atoms with E-state index in [1.54, 1.807) is 73.8 Å². The number of nitro groups is 2. The molecule has 4 aromatic heterocycles. The molecular formula is C76H106ClN11O21. The van der Waals surface area contributed by atoms with Crippen LogP contribution < -0.4 is 26.2 Å². The minimum absolute atomic E-state index is 0.0348. The summed E-state index contributed by atoms with van der Waals surface area (Å²) >= 11 is 6.05. The van der Waals surface area contributed by atoms with Crippen LogP contribution in [-0.2, 0) is 33.2 Å². The Labute approximate surface area is 638 Å². The van der Waals surface area contributed by atoms with Crippen LogP contribution in [0.2, 0.25) is 5.02 Å². The van der Waals surface area contributed by atoms with Gasteiger partial charge in [0.15, 0.2) is 0 Å². The predicted octanol–water partition coefficient (Wildman–Crippen LogP) is 12.4. The summed E-state index contributed by atoms with van der Waals surface area (Å²) in [5.41, 5.74) is 1.76. The van der Waals surface area contributed by atoms with Gasteiger partial charge >= 0.3 is 42.2 Å². The van der Waals surface area contributed by atoms with Crippen molar-refractivity contribution < 1.29 is 91.9 Å². The van der Waals surface area contributed by atoms with E-state index in [4.69, 9.17) is 49.9 Å². The fraction of sp³-hybridized carbons (Fsp3) is 0.566. The summed E-state index contributed by atoms with van der Waals surface area (Å²) in [6.07, 6.45) is 15.4. The number of alkyl carbamates (subject to hydrolysis) is 3. The van der Waals surface area contributed by atoms with E-state index < -0.39 is 62.8 Å². The molecule has 6 aromatic rings. The number of anilines is 1. The van der Waals surface area contributed by atoms with Crippen molar-refractivity contribution in [3.05, 3.63) is 133 Å². The number of hydrogen-bond donors (Lipinski definition) is 9. The van der Waals surface area contributed by atoms with Crippen LogP contribution in [0, 0.1) is 20.2 Å². The van der Waals surface area contributed by atoms with E-state index in [1.165, 1.54) is 54.7 Å². The largest absolute Gasteiger partial charge is 0.462 e. The van der Waals surface area contributed by atoms with Crippen LogP contribution in [0.5, 0.6) is 0 Å². The molecule has 0 spiro atoms. The Morgan fingerprint density at radius 2 is 0.881 bits per heavy atom. The first-order chi connectivity index (χ1) is 51.3. The molecule has 32 nitrogen and oxygen atoms in total. The Hall–Kier alpha value is -9.76. The number of aromatic nitrogens is 4. The second kappa shape index (κ2) is 41.2. The second-order valence-corrected chi connectivity index (χ2v) is 30.3. The van der Waals surface area contributed by atoms with Crippen LogP contribution in [0.3, 0.4) is 0 Å². The van der Waals surface area contributed by atoms with Crippen molar-refractivity contribution in [2.24, 2.45) is 0 Å². The number of aliphatic hydroxyl groups is 3. The molecule has 10 atom stereocenters. The maximum atomic E-state index is 12.3. The molecule has 0 saturated heterocycles. The summed E-state index contributed by atoms with van der Waals surface area (Å²) < 4.78 is 36.4. The first-order valence-electron chi connectivity index (χ1n) is 36.6. The monoisotopic (exact) mass is 1540 g/mol. The summed E-state index contributed by atoms with van der Waals surface area (Å²) in [5, 5.41) is 62.7. The van der Waals surface area contributed by atoms with Gasteiger partial charge in [-0.25, -0.2) is 43.5 Å². The zero-order valence-electron chi connectivity index (χ0n) is 64.2. The van der Waals surface area contributed by atoms with Gasteiger partial charge in [-0.2, -0.15) is 0 Å². The molecule has 598 valence electrons. The van der Waals surface area contributed by atoms with E-state index in [1.807, 2.05) is 47.1 Å². The number of amides is 3. The number of aliphatic hydroxyl groups excluding tert-OH is 3. The predicted molar refractivity (Wildman–Crippen MR) is 405 cm³/mol. The number of rotatable bonds is 16. The minimum Gasteiger partial charge on any atom is -0.462 e. The van der Waals surface area contributed by atoms with Crippen LogP contribution in [0.1, 0.15) is 214 Å². The van der Waals surface area contributed by atoms with Gasteiger partial charge < -0.3 is 84.6 Å². The highest BCUT2D eigenvalue weighted by atomic mass is 35.5. The van der Waals surface area contributed by atoms with E-state index in [2.05, 4.69) is 46.1 Å². The lowest BCUT2D eigenvalue weighted by Crippen LogP contribution is -2.38. The molecule has 5 fully saturated rings. The van der Waals surface area contributed by atoms with Gasteiger partial charge in [0.1, 0.15) is 45.9 Å². The Bertz CT molecular complexity index is 3890. The number of esters is 4. The topological polar surface area (TPSA) is 440 Å². The van der Waals surface area contributed by atoms with Crippen LogP contribution >= 0.6 is 11.6 Å². The molecule has 0 unspecified atom stereocenters. The van der Waals surface area contributed by atoms with Crippen LogP contribution in [0.15, 0.2) is 85.5 Å². The number of pyridine rings is 2. The van der Waals surface area contributed by atoms with Crippen LogP contribution in [-0.4, -0.2) is 192 Å². The van der Waals surface area contributed by atoms with E-state index >= 15 is 0 Å². The highest BCUT2D eigenvalue weighted by Crippen LogP contribution is 2.36. The summed E-state index contributed by atoms with van der Waals surface area (Å²) in [4.78, 5) is 119. The number of non-ortho nitro benzene ring substituents is 2. The Morgan fingerprint density at radius 3 is 1.25 bits per heavy atom. The maximum Gasteiger partial charge on any atom is 0.407 e. The number of nitrogens with zero attached hydrogens (tertiary/aromatic N) is 5. The molecular weight excluding hydrogens is 1440 g/mol. The fourth-order valence-electron chi connectivity index (χ4n) is 12.5. The number of carbonyl (C=O) groups is 7. The van der Waals surface area contributed by atoms with Crippen LogP contribution in [0.25, 0.3) is 22.1 Å². The molecule has 33 heteroatoms. The van der Waals surface area contributed by atoms with Crippen LogP contribution in [0.4, 0.5) is 31.4 Å². The zero-order valence-corrected chi connectivity index (χ0v) is 64.9. The number of halogens is 1. The smallest absolute Gasteiger partial charge is 0.407 e. The SMILES string of the molecule is CC(C)(C)OC(=O)N[C@H]1CC[C@H](O)C1.CC(C)(C)OC(=O)N[C@H]1CC[C@H](OC(=O)c2ccc([N+](=O)[O-])cc2)C1.CC(C)(C)OC(=O)N[C@H]1CC[C@H](OC(=O)c2ccc([N+](=O)[O-])cc2)C1.CCOC(=O)c1cnc2[nH]ccc2c1Cl.CCOC(=O)c1cnc2[nH]ccc2c1N(C)[C@H]1CC[C@H](O)C1.CN[C@H]1CC[C@H](O)C1. The number of nitrogens with one attached hydrogen (secondary N) is 6. The van der Waals surface area contributed by atoms with Gasteiger partial charge in [0.25, 0.3) is 11.4 Å². The molecule has 0 radical (unpaired) electrons. The number of H-pyrrole nitrogens is 2. The molecule has 5 aliphatic rings. The first kappa shape index (κ1) is 88.1.